The molecule has 3 nitrogen and oxygen atoms in total. The van der Waals surface area contributed by atoms with Crippen LogP contribution in [0.3, 0.4) is 0 Å². The Morgan fingerprint density at radius 3 is 2.71 bits per heavy atom. The van der Waals surface area contributed by atoms with E-state index in [1.54, 1.807) is 0 Å². The van der Waals surface area contributed by atoms with Gasteiger partial charge in [0, 0.05) is 4.43 Å². The molecule has 0 aromatic carbocycles. The molecule has 0 radical (unpaired) electrons. The molecule has 0 saturated carbocycles. The van der Waals surface area contributed by atoms with E-state index in [4.69, 9.17) is 11.1 Å². The monoisotopic (exact) mass is 213 g/mol. The van der Waals surface area contributed by atoms with E-state index in [1.165, 1.54) is 0 Å². The lowest BCUT2D eigenvalue weighted by molar-refractivity contribution is 1.40. The standard InChI is InChI=1S/C3H8IN3/c1-2-4-7-3(5)6/h2H2,1H3,(H3,5,6). The Morgan fingerprint density at radius 1 is 2.00 bits per heavy atom. The fourth-order valence-electron chi connectivity index (χ4n) is 0.124. The molecule has 0 aromatic heterocycles. The van der Waals surface area contributed by atoms with Crippen LogP contribution in [0, 0.1) is 5.41 Å². The van der Waals surface area contributed by atoms with Gasteiger partial charge in [-0.3, -0.25) is 5.41 Å². The number of nitrogens with one attached hydrogen (secondary N) is 1. The van der Waals surface area contributed by atoms with E-state index in [-0.39, 0.29) is 27.0 Å². The van der Waals surface area contributed by atoms with Crippen molar-refractivity contribution in [2.24, 2.45) is 8.88 Å². The van der Waals surface area contributed by atoms with Crippen LogP contribution in [-0.4, -0.2) is 10.4 Å². The SMILES string of the molecule is CCI=NC(=N)N. The molecule has 0 aliphatic rings. The van der Waals surface area contributed by atoms with Gasteiger partial charge in [0.1, 0.15) is 0 Å². The Morgan fingerprint density at radius 2 is 2.57 bits per heavy atom. The first-order valence-corrected chi connectivity index (χ1v) is 4.40. The van der Waals surface area contributed by atoms with E-state index in [0.717, 1.165) is 4.43 Å². The van der Waals surface area contributed by atoms with Crippen LogP contribution in [0.1, 0.15) is 6.92 Å². The van der Waals surface area contributed by atoms with E-state index in [0.29, 0.717) is 0 Å². The molecule has 0 spiro atoms. The predicted octanol–water partition coefficient (Wildman–Crippen LogP) is 1.05. The second kappa shape index (κ2) is 4.17. The van der Waals surface area contributed by atoms with Gasteiger partial charge in [0.15, 0.2) is 0 Å². The second-order valence-corrected chi connectivity index (χ2v) is 3.55. The minimum Gasteiger partial charge on any atom is -0.368 e. The topological polar surface area (TPSA) is 62.2 Å². The molecule has 0 rings (SSSR count). The van der Waals surface area contributed by atoms with Gasteiger partial charge in [-0.15, -0.1) is 0 Å². The number of alkyl halides is 1. The summed E-state index contributed by atoms with van der Waals surface area (Å²) in [5.41, 5.74) is 4.92. The normalized spacial score (nSPS) is 11.0. The van der Waals surface area contributed by atoms with Crippen LogP contribution >= 0.6 is 21.0 Å². The van der Waals surface area contributed by atoms with Crippen LogP contribution in [0.15, 0.2) is 3.15 Å². The maximum absolute atomic E-state index is 6.64. The number of nitrogens with zero attached hydrogens (tertiary/aromatic N) is 1. The lowest BCUT2D eigenvalue weighted by Crippen LogP contribution is -2.02. The molecule has 0 heterocycles. The molecule has 0 unspecified atom stereocenters. The van der Waals surface area contributed by atoms with Crippen LogP contribution in [-0.2, 0) is 0 Å². The highest BCUT2D eigenvalue weighted by Crippen LogP contribution is 1.95. The molecule has 0 aliphatic carbocycles. The largest absolute Gasteiger partial charge is 0.368 e. The highest BCUT2D eigenvalue weighted by molar-refractivity contribution is 14.2. The fourth-order valence-corrected chi connectivity index (χ4v) is 0.833. The quantitative estimate of drug-likeness (QED) is 0.291. The molecule has 0 aromatic rings. The minimum absolute atomic E-state index is 0.0188. The molecular weight excluding hydrogens is 205 g/mol. The summed E-state index contributed by atoms with van der Waals surface area (Å²) in [6.45, 7) is 2.04. The van der Waals surface area contributed by atoms with E-state index >= 15 is 0 Å². The van der Waals surface area contributed by atoms with Crippen LogP contribution in [0.2, 0.25) is 0 Å². The summed E-state index contributed by atoms with van der Waals surface area (Å²) in [7, 11) is 0. The van der Waals surface area contributed by atoms with Crippen molar-refractivity contribution >= 4 is 27.0 Å². The van der Waals surface area contributed by atoms with Crippen molar-refractivity contribution in [2.45, 2.75) is 6.92 Å². The number of guanidine groups is 1. The molecule has 0 amide bonds. The zero-order chi connectivity index (χ0) is 5.70. The van der Waals surface area contributed by atoms with Crippen molar-refractivity contribution in [3.05, 3.63) is 0 Å². The van der Waals surface area contributed by atoms with Gasteiger partial charge >= 0.3 is 0 Å². The molecule has 0 bridgehead atoms. The van der Waals surface area contributed by atoms with Gasteiger partial charge in [0.25, 0.3) is 0 Å². The van der Waals surface area contributed by atoms with Crippen LogP contribution in [0.4, 0.5) is 0 Å². The minimum atomic E-state index is -0.137. The Hall–Kier alpha value is 0. The van der Waals surface area contributed by atoms with E-state index < -0.39 is 0 Å². The third-order valence-electron chi connectivity index (χ3n) is 0.270. The van der Waals surface area contributed by atoms with E-state index in [1.807, 2.05) is 6.92 Å². The third-order valence-corrected chi connectivity index (χ3v) is 1.81. The molecule has 3 N–H and O–H groups in total. The van der Waals surface area contributed by atoms with Crippen molar-refractivity contribution in [2.75, 3.05) is 4.43 Å². The molecule has 4 heteroatoms. The third kappa shape index (κ3) is 6.00. The first-order chi connectivity index (χ1) is 3.27. The van der Waals surface area contributed by atoms with Crippen LogP contribution in [0.5, 0.6) is 0 Å². The van der Waals surface area contributed by atoms with E-state index in [9.17, 15) is 0 Å². The maximum atomic E-state index is 6.64. The first kappa shape index (κ1) is 7.00. The Kier molecular flexibility index (Phi) is 4.17. The molecule has 42 valence electrons. The Bertz CT molecular complexity index is 88.2. The average Bonchev–Trinajstić information content (AvgIpc) is 1.61. The number of rotatable bonds is 1. The first-order valence-electron chi connectivity index (χ1n) is 1.91. The zero-order valence-corrected chi connectivity index (χ0v) is 6.27. The van der Waals surface area contributed by atoms with Gasteiger partial charge in [-0.2, -0.15) is 3.15 Å². The fraction of sp³-hybridized carbons (Fsp3) is 0.667. The van der Waals surface area contributed by atoms with Crippen molar-refractivity contribution in [3.8, 4) is 0 Å². The van der Waals surface area contributed by atoms with Gasteiger partial charge in [-0.25, -0.2) is 0 Å². The van der Waals surface area contributed by atoms with Crippen molar-refractivity contribution in [1.82, 2.24) is 0 Å². The summed E-state index contributed by atoms with van der Waals surface area (Å²) in [4.78, 5) is 0. The molecule has 0 fully saturated rings. The highest BCUT2D eigenvalue weighted by atomic mass is 127. The van der Waals surface area contributed by atoms with Gasteiger partial charge in [-0.05, 0) is 21.0 Å². The lowest BCUT2D eigenvalue weighted by Gasteiger charge is -1.77. The van der Waals surface area contributed by atoms with Crippen molar-refractivity contribution < 1.29 is 0 Å². The molecular formula is C3H8IN3. The summed E-state index contributed by atoms with van der Waals surface area (Å²) < 4.78 is 4.78. The van der Waals surface area contributed by atoms with E-state index in [2.05, 4.69) is 3.15 Å². The predicted molar refractivity (Wildman–Crippen MR) is 38.9 cm³/mol. The van der Waals surface area contributed by atoms with Gasteiger partial charge in [-0.1, -0.05) is 6.92 Å². The average molecular weight is 213 g/mol. The number of hydrogen-bond acceptors (Lipinski definition) is 1. The van der Waals surface area contributed by atoms with Gasteiger partial charge in [0.2, 0.25) is 5.96 Å². The Balaban J connectivity index is 3.26. The summed E-state index contributed by atoms with van der Waals surface area (Å²) >= 11 is -0.137. The molecule has 0 atom stereocenters. The number of nitrogens with two attached hydrogens (primary N) is 1. The maximum Gasteiger partial charge on any atom is 0.217 e. The van der Waals surface area contributed by atoms with Crippen LogP contribution < -0.4 is 5.73 Å². The summed E-state index contributed by atoms with van der Waals surface area (Å²) in [5.74, 6) is -0.0188. The van der Waals surface area contributed by atoms with Crippen molar-refractivity contribution in [1.29, 1.82) is 5.41 Å². The zero-order valence-electron chi connectivity index (χ0n) is 4.11. The van der Waals surface area contributed by atoms with Crippen molar-refractivity contribution in [3.63, 3.8) is 0 Å². The van der Waals surface area contributed by atoms with Gasteiger partial charge in [0.05, 0.1) is 0 Å². The smallest absolute Gasteiger partial charge is 0.217 e. The summed E-state index contributed by atoms with van der Waals surface area (Å²) in [6.07, 6.45) is 0. The summed E-state index contributed by atoms with van der Waals surface area (Å²) in [5, 5.41) is 6.64. The molecule has 0 aliphatic heterocycles. The van der Waals surface area contributed by atoms with Gasteiger partial charge < -0.3 is 5.73 Å². The molecule has 7 heavy (non-hydrogen) atoms. The second-order valence-electron chi connectivity index (χ2n) is 0.857. The Labute approximate surface area is 53.0 Å². The highest BCUT2D eigenvalue weighted by Gasteiger charge is 1.72. The lowest BCUT2D eigenvalue weighted by atomic mass is 11.0. The van der Waals surface area contributed by atoms with Crippen LogP contribution in [0.25, 0.3) is 0 Å². The number of halogens is 1. The summed E-state index contributed by atoms with van der Waals surface area (Å²) in [6, 6.07) is 0. The number of hydrogen-bond donors (Lipinski definition) is 2. The molecule has 0 saturated heterocycles.